The van der Waals surface area contributed by atoms with Crippen LogP contribution in [0, 0.1) is 0 Å². The van der Waals surface area contributed by atoms with Gasteiger partial charge in [-0.05, 0) is 37.3 Å². The van der Waals surface area contributed by atoms with Crippen molar-refractivity contribution in [3.63, 3.8) is 0 Å². The van der Waals surface area contributed by atoms with Crippen LogP contribution in [0.1, 0.15) is 27.8 Å². The van der Waals surface area contributed by atoms with Crippen LogP contribution in [0.15, 0.2) is 36.5 Å². The zero-order chi connectivity index (χ0) is 18.1. The van der Waals surface area contributed by atoms with Crippen LogP contribution in [0.2, 0.25) is 0 Å². The van der Waals surface area contributed by atoms with Crippen LogP contribution < -0.4 is 10.6 Å². The summed E-state index contributed by atoms with van der Waals surface area (Å²) in [6.07, 6.45) is 1.50. The molecule has 25 heavy (non-hydrogen) atoms. The van der Waals surface area contributed by atoms with E-state index in [0.717, 1.165) is 0 Å². The molecule has 0 unspecified atom stereocenters. The predicted octanol–water partition coefficient (Wildman–Crippen LogP) is 1.96. The van der Waals surface area contributed by atoms with E-state index in [4.69, 9.17) is 9.47 Å². The van der Waals surface area contributed by atoms with Crippen LogP contribution in [0.25, 0.3) is 0 Å². The second-order valence-corrected chi connectivity index (χ2v) is 4.94. The molecule has 132 valence electrons. The molecule has 2 aromatic rings. The standard InChI is InChI=1S/C17H20N4O4/c1-3-25-16(23)12-4-6-13(7-5-12)20-15(22)14-8-9-18-17(21-14)19-10-11-24-2/h4-9H,3,10-11H2,1-2H3,(H,20,22)(H,18,19,21). The van der Waals surface area contributed by atoms with Gasteiger partial charge in [0.1, 0.15) is 5.69 Å². The number of amides is 1. The van der Waals surface area contributed by atoms with E-state index in [0.29, 0.717) is 37.0 Å². The molecule has 0 saturated heterocycles. The van der Waals surface area contributed by atoms with Gasteiger partial charge in [-0.1, -0.05) is 0 Å². The van der Waals surface area contributed by atoms with Crippen molar-refractivity contribution in [1.29, 1.82) is 0 Å². The van der Waals surface area contributed by atoms with Gasteiger partial charge in [-0.25, -0.2) is 14.8 Å². The van der Waals surface area contributed by atoms with E-state index in [9.17, 15) is 9.59 Å². The molecule has 0 aliphatic rings. The van der Waals surface area contributed by atoms with Crippen molar-refractivity contribution in [2.45, 2.75) is 6.92 Å². The van der Waals surface area contributed by atoms with Gasteiger partial charge >= 0.3 is 5.97 Å². The molecule has 1 aromatic carbocycles. The topological polar surface area (TPSA) is 102 Å². The minimum atomic E-state index is -0.400. The van der Waals surface area contributed by atoms with Crippen LogP contribution in [-0.4, -0.2) is 48.7 Å². The summed E-state index contributed by atoms with van der Waals surface area (Å²) in [7, 11) is 1.60. The number of anilines is 2. The number of carbonyl (C=O) groups is 2. The van der Waals surface area contributed by atoms with E-state index in [1.165, 1.54) is 12.3 Å². The van der Waals surface area contributed by atoms with Crippen molar-refractivity contribution in [2.24, 2.45) is 0 Å². The number of benzene rings is 1. The molecule has 0 aliphatic heterocycles. The SMILES string of the molecule is CCOC(=O)c1ccc(NC(=O)c2ccnc(NCCOC)n2)cc1. The number of carbonyl (C=O) groups excluding carboxylic acids is 2. The molecule has 0 atom stereocenters. The Labute approximate surface area is 145 Å². The normalized spacial score (nSPS) is 10.2. The molecule has 1 aromatic heterocycles. The fourth-order valence-electron chi connectivity index (χ4n) is 1.93. The number of aromatic nitrogens is 2. The Balaban J connectivity index is 1.99. The highest BCUT2D eigenvalue weighted by Crippen LogP contribution is 2.12. The van der Waals surface area contributed by atoms with Crippen LogP contribution >= 0.6 is 0 Å². The number of hydrogen-bond donors (Lipinski definition) is 2. The summed E-state index contributed by atoms with van der Waals surface area (Å²) < 4.78 is 9.84. The number of methoxy groups -OCH3 is 1. The Morgan fingerprint density at radius 1 is 1.16 bits per heavy atom. The first-order valence-electron chi connectivity index (χ1n) is 7.78. The summed E-state index contributed by atoms with van der Waals surface area (Å²) in [5.41, 5.74) is 1.20. The molecule has 2 N–H and O–H groups in total. The first-order chi connectivity index (χ1) is 12.1. The Hall–Kier alpha value is -3.00. The van der Waals surface area contributed by atoms with Crippen LogP contribution in [0.3, 0.4) is 0 Å². The van der Waals surface area contributed by atoms with Gasteiger partial charge in [-0.15, -0.1) is 0 Å². The zero-order valence-electron chi connectivity index (χ0n) is 14.1. The van der Waals surface area contributed by atoms with E-state index in [1.807, 2.05) is 0 Å². The van der Waals surface area contributed by atoms with Crippen molar-refractivity contribution in [1.82, 2.24) is 9.97 Å². The van der Waals surface area contributed by atoms with Crippen LogP contribution in [-0.2, 0) is 9.47 Å². The first-order valence-corrected chi connectivity index (χ1v) is 7.78. The van der Waals surface area contributed by atoms with Crippen LogP contribution in [0.5, 0.6) is 0 Å². The number of esters is 1. The molecule has 0 spiro atoms. The van der Waals surface area contributed by atoms with E-state index in [-0.39, 0.29) is 11.6 Å². The van der Waals surface area contributed by atoms with Crippen molar-refractivity contribution < 1.29 is 19.1 Å². The van der Waals surface area contributed by atoms with Gasteiger partial charge in [-0.3, -0.25) is 4.79 Å². The van der Waals surface area contributed by atoms with E-state index < -0.39 is 5.97 Å². The summed E-state index contributed by atoms with van der Waals surface area (Å²) in [4.78, 5) is 32.1. The summed E-state index contributed by atoms with van der Waals surface area (Å²) >= 11 is 0. The van der Waals surface area contributed by atoms with Crippen molar-refractivity contribution in [3.8, 4) is 0 Å². The maximum absolute atomic E-state index is 12.3. The number of hydrogen-bond acceptors (Lipinski definition) is 7. The molecule has 0 radical (unpaired) electrons. The van der Waals surface area contributed by atoms with Gasteiger partial charge in [-0.2, -0.15) is 0 Å². The third-order valence-electron chi connectivity index (χ3n) is 3.13. The molecule has 8 nitrogen and oxygen atoms in total. The highest BCUT2D eigenvalue weighted by atomic mass is 16.5. The third-order valence-corrected chi connectivity index (χ3v) is 3.13. The molecule has 1 heterocycles. The lowest BCUT2D eigenvalue weighted by Gasteiger charge is -2.08. The minimum Gasteiger partial charge on any atom is -0.462 e. The molecular weight excluding hydrogens is 324 g/mol. The minimum absolute atomic E-state index is 0.226. The van der Waals surface area contributed by atoms with Gasteiger partial charge in [0.05, 0.1) is 18.8 Å². The zero-order valence-corrected chi connectivity index (χ0v) is 14.1. The number of rotatable bonds is 8. The lowest BCUT2D eigenvalue weighted by molar-refractivity contribution is 0.0526. The van der Waals surface area contributed by atoms with Crippen LogP contribution in [0.4, 0.5) is 11.6 Å². The smallest absolute Gasteiger partial charge is 0.338 e. The number of ether oxygens (including phenoxy) is 2. The van der Waals surface area contributed by atoms with Gasteiger partial charge in [0.15, 0.2) is 0 Å². The first kappa shape index (κ1) is 18.3. The summed E-state index contributed by atoms with van der Waals surface area (Å²) in [6.45, 7) is 3.10. The average Bonchev–Trinajstić information content (AvgIpc) is 2.63. The van der Waals surface area contributed by atoms with Crippen molar-refractivity contribution in [2.75, 3.05) is 37.5 Å². The van der Waals surface area contributed by atoms with Crippen molar-refractivity contribution in [3.05, 3.63) is 47.8 Å². The summed E-state index contributed by atoms with van der Waals surface area (Å²) in [6, 6.07) is 7.95. The molecule has 0 bridgehead atoms. The average molecular weight is 344 g/mol. The second kappa shape index (κ2) is 9.33. The lowest BCUT2D eigenvalue weighted by atomic mass is 10.2. The molecule has 0 aliphatic carbocycles. The number of nitrogens with zero attached hydrogens (tertiary/aromatic N) is 2. The largest absolute Gasteiger partial charge is 0.462 e. The van der Waals surface area contributed by atoms with E-state index in [2.05, 4.69) is 20.6 Å². The second-order valence-electron chi connectivity index (χ2n) is 4.94. The third kappa shape index (κ3) is 5.54. The maximum Gasteiger partial charge on any atom is 0.338 e. The van der Waals surface area contributed by atoms with E-state index >= 15 is 0 Å². The predicted molar refractivity (Wildman–Crippen MR) is 92.7 cm³/mol. The molecule has 8 heteroatoms. The quantitative estimate of drug-likeness (QED) is 0.557. The molecule has 1 amide bonds. The fourth-order valence-corrected chi connectivity index (χ4v) is 1.93. The monoisotopic (exact) mass is 344 g/mol. The maximum atomic E-state index is 12.3. The van der Waals surface area contributed by atoms with Gasteiger partial charge in [0.25, 0.3) is 5.91 Å². The molecule has 0 saturated carbocycles. The lowest BCUT2D eigenvalue weighted by Crippen LogP contribution is -2.16. The van der Waals surface area contributed by atoms with Gasteiger partial charge < -0.3 is 20.1 Å². The van der Waals surface area contributed by atoms with Crippen molar-refractivity contribution >= 4 is 23.5 Å². The molecule has 2 rings (SSSR count). The highest BCUT2D eigenvalue weighted by Gasteiger charge is 2.10. The van der Waals surface area contributed by atoms with Gasteiger partial charge in [0, 0.05) is 25.5 Å². The molecule has 0 fully saturated rings. The number of nitrogens with one attached hydrogen (secondary N) is 2. The van der Waals surface area contributed by atoms with E-state index in [1.54, 1.807) is 38.3 Å². The Morgan fingerprint density at radius 2 is 1.92 bits per heavy atom. The highest BCUT2D eigenvalue weighted by molar-refractivity contribution is 6.03. The Kier molecular flexibility index (Phi) is 6.85. The Bertz CT molecular complexity index is 719. The summed E-state index contributed by atoms with van der Waals surface area (Å²) in [5.74, 6) is -0.425. The summed E-state index contributed by atoms with van der Waals surface area (Å²) in [5, 5.41) is 5.68. The van der Waals surface area contributed by atoms with Gasteiger partial charge in [0.2, 0.25) is 5.95 Å². The Morgan fingerprint density at radius 3 is 2.60 bits per heavy atom. The fraction of sp³-hybridized carbons (Fsp3) is 0.294. The molecular formula is C17H20N4O4.